The molecule has 0 aromatic heterocycles. The van der Waals surface area contributed by atoms with Gasteiger partial charge in [-0.25, -0.2) is 0 Å². The summed E-state index contributed by atoms with van der Waals surface area (Å²) in [4.78, 5) is 12.4. The number of aliphatic hydroxyl groups is 2. The highest BCUT2D eigenvalue weighted by atomic mass is 16.3. The van der Waals surface area contributed by atoms with Gasteiger partial charge in [0.2, 0.25) is 5.91 Å². The van der Waals surface area contributed by atoms with E-state index >= 15 is 0 Å². The predicted molar refractivity (Wildman–Crippen MR) is 271 cm³/mol. The Morgan fingerprint density at radius 1 is 0.410 bits per heavy atom. The van der Waals surface area contributed by atoms with Crippen LogP contribution in [-0.2, 0) is 4.79 Å². The Labute approximate surface area is 377 Å². The molecular weight excluding hydrogens is 747 g/mol. The van der Waals surface area contributed by atoms with Gasteiger partial charge in [0.1, 0.15) is 0 Å². The lowest BCUT2D eigenvalue weighted by Crippen LogP contribution is -2.45. The summed E-state index contributed by atoms with van der Waals surface area (Å²) in [5.74, 6) is -0.126. The van der Waals surface area contributed by atoms with Gasteiger partial charge in [0.05, 0.1) is 18.8 Å². The van der Waals surface area contributed by atoms with E-state index in [-0.39, 0.29) is 12.5 Å². The molecule has 0 aliphatic heterocycles. The maximum atomic E-state index is 12.4. The number of allylic oxidation sites excluding steroid dienone is 21. The van der Waals surface area contributed by atoms with E-state index in [9.17, 15) is 15.0 Å². The molecule has 0 saturated carbocycles. The lowest BCUT2D eigenvalue weighted by molar-refractivity contribution is -0.123. The van der Waals surface area contributed by atoms with Crippen molar-refractivity contribution in [2.75, 3.05) is 6.61 Å². The van der Waals surface area contributed by atoms with Gasteiger partial charge < -0.3 is 15.5 Å². The summed E-state index contributed by atoms with van der Waals surface area (Å²) in [5, 5.41) is 23.0. The molecule has 0 fully saturated rings. The van der Waals surface area contributed by atoms with Crippen molar-refractivity contribution < 1.29 is 15.0 Å². The number of unbranched alkanes of at least 4 members (excludes halogenated alkanes) is 16. The number of rotatable bonds is 43. The van der Waals surface area contributed by atoms with E-state index in [1.165, 1.54) is 83.5 Å². The second-order valence-corrected chi connectivity index (χ2v) is 16.1. The number of nitrogens with one attached hydrogen (secondary N) is 1. The third-order valence-electron chi connectivity index (χ3n) is 10.3. The molecule has 0 bridgehead atoms. The normalized spacial score (nSPS) is 14.1. The van der Waals surface area contributed by atoms with Crippen molar-refractivity contribution in [3.63, 3.8) is 0 Å². The molecule has 0 aliphatic carbocycles. The van der Waals surface area contributed by atoms with Crippen molar-refractivity contribution in [1.82, 2.24) is 5.32 Å². The highest BCUT2D eigenvalue weighted by molar-refractivity contribution is 5.76. The summed E-state index contributed by atoms with van der Waals surface area (Å²) in [6.07, 6.45) is 80.0. The first kappa shape index (κ1) is 57.5. The molecule has 0 saturated heterocycles. The molecule has 0 aliphatic rings. The van der Waals surface area contributed by atoms with Crippen LogP contribution >= 0.6 is 0 Å². The van der Waals surface area contributed by atoms with E-state index < -0.39 is 12.1 Å². The van der Waals surface area contributed by atoms with Gasteiger partial charge in [0.15, 0.2) is 0 Å². The van der Waals surface area contributed by atoms with Crippen LogP contribution in [0.2, 0.25) is 0 Å². The molecule has 61 heavy (non-hydrogen) atoms. The molecule has 2 unspecified atom stereocenters. The summed E-state index contributed by atoms with van der Waals surface area (Å²) in [7, 11) is 0. The Morgan fingerprint density at radius 3 is 1.15 bits per heavy atom. The number of amides is 1. The van der Waals surface area contributed by atoms with E-state index in [1.807, 2.05) is 6.08 Å². The quantitative estimate of drug-likeness (QED) is 0.0423. The van der Waals surface area contributed by atoms with Gasteiger partial charge in [-0.1, -0.05) is 218 Å². The van der Waals surface area contributed by atoms with Crippen LogP contribution in [0, 0.1) is 0 Å². The molecule has 344 valence electrons. The van der Waals surface area contributed by atoms with Gasteiger partial charge in [0, 0.05) is 6.42 Å². The fraction of sp³-hybridized carbons (Fsp3) is 0.596. The van der Waals surface area contributed by atoms with Gasteiger partial charge in [-0.15, -0.1) is 0 Å². The van der Waals surface area contributed by atoms with E-state index in [2.05, 4.69) is 141 Å². The summed E-state index contributed by atoms with van der Waals surface area (Å²) in [6, 6.07) is -0.680. The first-order valence-electron chi connectivity index (χ1n) is 24.9. The van der Waals surface area contributed by atoms with Gasteiger partial charge in [-0.2, -0.15) is 0 Å². The van der Waals surface area contributed by atoms with E-state index in [4.69, 9.17) is 0 Å². The molecule has 0 spiro atoms. The monoisotopic (exact) mass is 840 g/mol. The minimum Gasteiger partial charge on any atom is -0.394 e. The lowest BCUT2D eigenvalue weighted by atomic mass is 10.0. The maximum Gasteiger partial charge on any atom is 0.220 e. The third-order valence-corrected chi connectivity index (χ3v) is 10.3. The molecule has 0 aromatic carbocycles. The van der Waals surface area contributed by atoms with Gasteiger partial charge in [-0.05, 0) is 109 Å². The van der Waals surface area contributed by atoms with Crippen molar-refractivity contribution in [2.24, 2.45) is 0 Å². The molecule has 0 rings (SSSR count). The van der Waals surface area contributed by atoms with Crippen LogP contribution in [0.4, 0.5) is 0 Å². The zero-order valence-electron chi connectivity index (χ0n) is 39.4. The predicted octanol–water partition coefficient (Wildman–Crippen LogP) is 16.3. The minimum atomic E-state index is -0.899. The molecule has 4 nitrogen and oxygen atoms in total. The Bertz CT molecular complexity index is 1270. The molecule has 2 atom stereocenters. The number of carbonyl (C=O) groups is 1. The van der Waals surface area contributed by atoms with Gasteiger partial charge >= 0.3 is 0 Å². The van der Waals surface area contributed by atoms with Crippen molar-refractivity contribution in [1.29, 1.82) is 0 Å². The topological polar surface area (TPSA) is 69.6 Å². The lowest BCUT2D eigenvalue weighted by Gasteiger charge is -2.19. The number of hydrogen-bond donors (Lipinski definition) is 3. The van der Waals surface area contributed by atoms with E-state index in [0.717, 1.165) is 96.3 Å². The molecule has 0 aromatic rings. The highest BCUT2D eigenvalue weighted by Crippen LogP contribution is 2.13. The van der Waals surface area contributed by atoms with Gasteiger partial charge in [0.25, 0.3) is 0 Å². The Hall–Kier alpha value is -3.47. The maximum absolute atomic E-state index is 12.4. The van der Waals surface area contributed by atoms with Crippen molar-refractivity contribution in [3.05, 3.63) is 134 Å². The SMILES string of the molecule is CC/C=C\C/C=C\C/C=C\C/C=C\C/C=C\C/C=C\C/C=C\C/C=C\CCCCC(=O)NC(CO)C(O)/C=C/CC/C=C/CC/C=C/CCCCCCCCCCCCCC. The average Bonchev–Trinajstić information content (AvgIpc) is 3.26. The molecule has 1 amide bonds. The van der Waals surface area contributed by atoms with Gasteiger partial charge in [-0.3, -0.25) is 4.79 Å². The van der Waals surface area contributed by atoms with Crippen LogP contribution in [0.5, 0.6) is 0 Å². The van der Waals surface area contributed by atoms with Crippen LogP contribution in [0.15, 0.2) is 134 Å². The molecule has 4 heteroatoms. The molecule has 0 radical (unpaired) electrons. The van der Waals surface area contributed by atoms with E-state index in [0.29, 0.717) is 6.42 Å². The molecular formula is C57H93NO3. The van der Waals surface area contributed by atoms with Crippen molar-refractivity contribution in [2.45, 2.75) is 212 Å². The van der Waals surface area contributed by atoms with Crippen molar-refractivity contribution in [3.8, 4) is 0 Å². The van der Waals surface area contributed by atoms with Crippen LogP contribution in [0.1, 0.15) is 200 Å². The second-order valence-electron chi connectivity index (χ2n) is 16.1. The molecule has 3 N–H and O–H groups in total. The molecule has 0 heterocycles. The first-order chi connectivity index (χ1) is 30.2. The van der Waals surface area contributed by atoms with Crippen LogP contribution in [0.3, 0.4) is 0 Å². The fourth-order valence-corrected chi connectivity index (χ4v) is 6.58. The third kappa shape index (κ3) is 47.4. The minimum absolute atomic E-state index is 0.126. The number of hydrogen-bond acceptors (Lipinski definition) is 3. The highest BCUT2D eigenvalue weighted by Gasteiger charge is 2.17. The fourth-order valence-electron chi connectivity index (χ4n) is 6.58. The van der Waals surface area contributed by atoms with E-state index in [1.54, 1.807) is 6.08 Å². The number of aliphatic hydroxyl groups excluding tert-OH is 2. The largest absolute Gasteiger partial charge is 0.394 e. The smallest absolute Gasteiger partial charge is 0.220 e. The first-order valence-corrected chi connectivity index (χ1v) is 24.9. The summed E-state index contributed by atoms with van der Waals surface area (Å²) in [5.41, 5.74) is 0. The number of carbonyl (C=O) groups excluding carboxylic acids is 1. The second kappa shape index (κ2) is 50.9. The van der Waals surface area contributed by atoms with Crippen LogP contribution in [-0.4, -0.2) is 34.9 Å². The van der Waals surface area contributed by atoms with Crippen LogP contribution in [0.25, 0.3) is 0 Å². The summed E-state index contributed by atoms with van der Waals surface area (Å²) < 4.78 is 0. The Balaban J connectivity index is 3.78. The Kier molecular flexibility index (Phi) is 48.0. The summed E-state index contributed by atoms with van der Waals surface area (Å²) >= 11 is 0. The van der Waals surface area contributed by atoms with Crippen LogP contribution < -0.4 is 5.32 Å². The average molecular weight is 840 g/mol. The van der Waals surface area contributed by atoms with Crippen molar-refractivity contribution >= 4 is 5.91 Å². The standard InChI is InChI=1S/C57H93NO3/c1-3-5-7-9-11-13-15-17-19-21-23-25-27-28-29-30-31-33-35-37-39-41-43-45-47-49-51-53-57(61)58-55(54-59)56(60)52-50-48-46-44-42-40-38-36-34-32-26-24-22-20-18-16-14-12-10-8-6-4-2/h5,7,11,13,17,19,23,25,28-29,31,33-34,36-37,39,42-45,50,52,55-56,59-60H,3-4,6,8-10,12,14-16,18,20-22,24,26-27,30,32,35,38,40-41,46-49,51,53-54H2,1-2H3,(H,58,61)/b7-5-,13-11-,19-17-,25-23-,29-28-,33-31-,36-34+,39-37-,44-42+,45-43-,52-50+. The zero-order valence-corrected chi connectivity index (χ0v) is 39.4. The Morgan fingerprint density at radius 2 is 0.738 bits per heavy atom. The zero-order chi connectivity index (χ0) is 44.2. The summed E-state index contributed by atoms with van der Waals surface area (Å²) in [6.45, 7) is 4.15.